The fourth-order valence-electron chi connectivity index (χ4n) is 4.37. The van der Waals surface area contributed by atoms with Gasteiger partial charge in [0.1, 0.15) is 5.78 Å². The number of halogens is 3. The summed E-state index contributed by atoms with van der Waals surface area (Å²) in [6.45, 7) is 0. The van der Waals surface area contributed by atoms with Crippen LogP contribution in [0.15, 0.2) is 77.8 Å². The maximum absolute atomic E-state index is 13.4. The number of fused-ring (bicyclic) bond motifs is 2. The zero-order valence-electron chi connectivity index (χ0n) is 16.3. The summed E-state index contributed by atoms with van der Waals surface area (Å²) in [5, 5.41) is 8.71. The molecule has 7 heteroatoms. The third kappa shape index (κ3) is 3.74. The van der Waals surface area contributed by atoms with Gasteiger partial charge in [-0.25, -0.2) is 0 Å². The number of allylic oxidation sites excluding steroid dienone is 1. The number of para-hydroxylation sites is 2. The minimum atomic E-state index is -4.45. The summed E-state index contributed by atoms with van der Waals surface area (Å²) >= 11 is 1.60. The molecule has 1 aromatic heterocycles. The Morgan fingerprint density at radius 1 is 0.968 bits per heavy atom. The number of benzene rings is 2. The standard InChI is InChI=1S/C24H19F3N2OS/c25-24(26,27)16-6-3-5-14(11-16)23-22-19(28-17-7-1-2-8-18(17)29-23)12-15(13-20(22)30)21-9-4-10-31-21/h1-12,15,22-23,28-29H,13H2. The zero-order chi connectivity index (χ0) is 21.6. The second kappa shape index (κ2) is 7.57. The van der Waals surface area contributed by atoms with E-state index in [0.717, 1.165) is 34.1 Å². The highest BCUT2D eigenvalue weighted by Gasteiger charge is 2.40. The predicted octanol–water partition coefficient (Wildman–Crippen LogP) is 6.60. The van der Waals surface area contributed by atoms with Crippen LogP contribution in [0.3, 0.4) is 0 Å². The molecule has 158 valence electrons. The lowest BCUT2D eigenvalue weighted by molar-refractivity contribution is -0.137. The normalized spacial score (nSPS) is 23.0. The van der Waals surface area contributed by atoms with Crippen LogP contribution in [0.25, 0.3) is 0 Å². The molecule has 0 bridgehead atoms. The fourth-order valence-corrected chi connectivity index (χ4v) is 5.17. The van der Waals surface area contributed by atoms with Gasteiger partial charge in [0.15, 0.2) is 0 Å². The van der Waals surface area contributed by atoms with Gasteiger partial charge < -0.3 is 10.6 Å². The average Bonchev–Trinajstić information content (AvgIpc) is 3.22. The van der Waals surface area contributed by atoms with Gasteiger partial charge in [0.2, 0.25) is 0 Å². The molecule has 0 radical (unpaired) electrons. The van der Waals surface area contributed by atoms with E-state index in [4.69, 9.17) is 0 Å². The van der Waals surface area contributed by atoms with Crippen molar-refractivity contribution in [2.24, 2.45) is 5.92 Å². The highest BCUT2D eigenvalue weighted by molar-refractivity contribution is 7.10. The zero-order valence-corrected chi connectivity index (χ0v) is 17.1. The van der Waals surface area contributed by atoms with E-state index < -0.39 is 23.7 Å². The third-order valence-electron chi connectivity index (χ3n) is 5.82. The molecule has 0 amide bonds. The number of carbonyl (C=O) groups is 1. The van der Waals surface area contributed by atoms with E-state index >= 15 is 0 Å². The Bertz CT molecular complexity index is 1150. The van der Waals surface area contributed by atoms with Crippen LogP contribution in [-0.4, -0.2) is 5.78 Å². The van der Waals surface area contributed by atoms with Gasteiger partial charge in [-0.15, -0.1) is 11.3 Å². The number of alkyl halides is 3. The van der Waals surface area contributed by atoms with Gasteiger partial charge in [0, 0.05) is 22.9 Å². The van der Waals surface area contributed by atoms with Crippen LogP contribution in [-0.2, 0) is 11.0 Å². The number of nitrogens with one attached hydrogen (secondary N) is 2. The van der Waals surface area contributed by atoms with Crippen LogP contribution in [0.2, 0.25) is 0 Å². The van der Waals surface area contributed by atoms with Crippen molar-refractivity contribution in [3.8, 4) is 0 Å². The first-order chi connectivity index (χ1) is 14.9. The van der Waals surface area contributed by atoms with Crippen molar-refractivity contribution in [3.05, 3.63) is 93.8 Å². The Hall–Kier alpha value is -3.06. The highest BCUT2D eigenvalue weighted by atomic mass is 32.1. The second-order valence-electron chi connectivity index (χ2n) is 7.81. The largest absolute Gasteiger partial charge is 0.416 e. The quantitative estimate of drug-likeness (QED) is 0.472. The first kappa shape index (κ1) is 19.9. The van der Waals surface area contributed by atoms with Crippen LogP contribution in [0.5, 0.6) is 0 Å². The van der Waals surface area contributed by atoms with Gasteiger partial charge in [-0.1, -0.05) is 36.4 Å². The first-order valence-electron chi connectivity index (χ1n) is 9.98. The first-order valence-corrected chi connectivity index (χ1v) is 10.9. The summed E-state index contributed by atoms with van der Waals surface area (Å²) in [4.78, 5) is 14.5. The Labute approximate surface area is 181 Å². The molecule has 2 N–H and O–H groups in total. The lowest BCUT2D eigenvalue weighted by atomic mass is 9.78. The van der Waals surface area contributed by atoms with Crippen molar-refractivity contribution in [2.75, 3.05) is 10.6 Å². The average molecular weight is 440 g/mol. The summed E-state index contributed by atoms with van der Waals surface area (Å²) in [5.41, 5.74) is 2.00. The topological polar surface area (TPSA) is 41.1 Å². The van der Waals surface area contributed by atoms with E-state index in [-0.39, 0.29) is 11.7 Å². The molecule has 1 aliphatic heterocycles. The number of hydrogen-bond acceptors (Lipinski definition) is 4. The van der Waals surface area contributed by atoms with E-state index in [9.17, 15) is 18.0 Å². The SMILES string of the molecule is O=C1CC(c2cccs2)C=C2Nc3ccccc3NC(c3cccc(C(F)(F)F)c3)C12. The van der Waals surface area contributed by atoms with Gasteiger partial charge in [0.25, 0.3) is 0 Å². The summed E-state index contributed by atoms with van der Waals surface area (Å²) in [6, 6.07) is 16.1. The lowest BCUT2D eigenvalue weighted by Crippen LogP contribution is -2.33. The summed E-state index contributed by atoms with van der Waals surface area (Å²) < 4.78 is 40.1. The van der Waals surface area contributed by atoms with Crippen LogP contribution in [0, 0.1) is 5.92 Å². The van der Waals surface area contributed by atoms with Gasteiger partial charge in [-0.2, -0.15) is 13.2 Å². The fraction of sp³-hybridized carbons (Fsp3) is 0.208. The number of ketones is 1. The van der Waals surface area contributed by atoms with Crippen molar-refractivity contribution >= 4 is 28.5 Å². The van der Waals surface area contributed by atoms with E-state index in [1.165, 1.54) is 6.07 Å². The molecular weight excluding hydrogens is 421 g/mol. The lowest BCUT2D eigenvalue weighted by Gasteiger charge is -2.32. The molecule has 2 aromatic carbocycles. The van der Waals surface area contributed by atoms with Gasteiger partial charge in [-0.3, -0.25) is 4.79 Å². The number of hydrogen-bond donors (Lipinski definition) is 2. The van der Waals surface area contributed by atoms with Crippen molar-refractivity contribution < 1.29 is 18.0 Å². The molecule has 0 saturated heterocycles. The summed E-state index contributed by atoms with van der Waals surface area (Å²) in [6.07, 6.45) is -2.07. The molecule has 0 saturated carbocycles. The molecule has 0 fully saturated rings. The minimum Gasteiger partial charge on any atom is -0.375 e. The van der Waals surface area contributed by atoms with Crippen LogP contribution < -0.4 is 10.6 Å². The van der Waals surface area contributed by atoms with E-state index in [0.29, 0.717) is 12.0 Å². The smallest absolute Gasteiger partial charge is 0.375 e. The Kier molecular flexibility index (Phi) is 4.85. The Morgan fingerprint density at radius 2 is 1.77 bits per heavy atom. The monoisotopic (exact) mass is 440 g/mol. The number of Topliss-reactive ketones (excluding diaryl/α,β-unsaturated/α-hetero) is 1. The molecule has 3 atom stereocenters. The molecule has 5 rings (SSSR count). The molecular formula is C24H19F3N2OS. The molecule has 3 unspecified atom stereocenters. The molecule has 31 heavy (non-hydrogen) atoms. The summed E-state index contributed by atoms with van der Waals surface area (Å²) in [5.74, 6) is -0.642. The number of thiophene rings is 1. The van der Waals surface area contributed by atoms with Crippen molar-refractivity contribution in [2.45, 2.75) is 24.6 Å². The second-order valence-corrected chi connectivity index (χ2v) is 8.79. The summed E-state index contributed by atoms with van der Waals surface area (Å²) in [7, 11) is 0. The molecule has 2 aliphatic rings. The van der Waals surface area contributed by atoms with Crippen LogP contribution >= 0.6 is 11.3 Å². The van der Waals surface area contributed by atoms with E-state index in [2.05, 4.69) is 16.7 Å². The Balaban J connectivity index is 1.63. The molecule has 2 heterocycles. The maximum atomic E-state index is 13.4. The van der Waals surface area contributed by atoms with Crippen molar-refractivity contribution in [3.63, 3.8) is 0 Å². The highest BCUT2D eigenvalue weighted by Crippen LogP contribution is 2.45. The Morgan fingerprint density at radius 3 is 2.52 bits per heavy atom. The number of anilines is 2. The van der Waals surface area contributed by atoms with E-state index in [1.807, 2.05) is 41.8 Å². The van der Waals surface area contributed by atoms with Gasteiger partial charge in [0.05, 0.1) is 28.9 Å². The van der Waals surface area contributed by atoms with Gasteiger partial charge in [-0.05, 0) is 41.3 Å². The van der Waals surface area contributed by atoms with Crippen molar-refractivity contribution in [1.82, 2.24) is 0 Å². The number of rotatable bonds is 2. The minimum absolute atomic E-state index is 0.00566. The van der Waals surface area contributed by atoms with E-state index in [1.54, 1.807) is 17.4 Å². The molecule has 3 nitrogen and oxygen atoms in total. The predicted molar refractivity (Wildman–Crippen MR) is 116 cm³/mol. The number of carbonyl (C=O) groups excluding carboxylic acids is 1. The molecule has 3 aromatic rings. The van der Waals surface area contributed by atoms with Crippen LogP contribution in [0.4, 0.5) is 24.5 Å². The molecule has 0 spiro atoms. The van der Waals surface area contributed by atoms with Gasteiger partial charge >= 0.3 is 6.18 Å². The maximum Gasteiger partial charge on any atom is 0.416 e. The molecule has 1 aliphatic carbocycles. The van der Waals surface area contributed by atoms with Crippen molar-refractivity contribution in [1.29, 1.82) is 0 Å². The van der Waals surface area contributed by atoms with Crippen LogP contribution in [0.1, 0.15) is 34.4 Å². The third-order valence-corrected chi connectivity index (χ3v) is 6.82.